The molecule has 0 spiro atoms. The molecule has 1 N–H and O–H groups in total. The lowest BCUT2D eigenvalue weighted by Gasteiger charge is -2.36. The Kier molecular flexibility index (Phi) is 4.13. The molecule has 0 bridgehead atoms. The molecule has 0 aromatic heterocycles. The van der Waals surface area contributed by atoms with Gasteiger partial charge in [-0.05, 0) is 25.0 Å². The van der Waals surface area contributed by atoms with E-state index >= 15 is 0 Å². The van der Waals surface area contributed by atoms with Gasteiger partial charge in [-0.15, -0.1) is 0 Å². The summed E-state index contributed by atoms with van der Waals surface area (Å²) in [7, 11) is 0. The average Bonchev–Trinajstić information content (AvgIpc) is 3.30. The lowest BCUT2D eigenvalue weighted by atomic mass is 10.2. The number of hydrogen-bond acceptors (Lipinski definition) is 3. The van der Waals surface area contributed by atoms with E-state index in [1.165, 1.54) is 12.8 Å². The number of nitrogens with zero attached hydrogens (tertiary/aromatic N) is 2. The number of para-hydroxylation sites is 1. The first kappa shape index (κ1) is 13.7. The quantitative estimate of drug-likeness (QED) is 0.918. The molecule has 1 amide bonds. The van der Waals surface area contributed by atoms with Crippen molar-refractivity contribution >= 4 is 23.2 Å². The smallest absolute Gasteiger partial charge is 0.236 e. The molecule has 3 rings (SSSR count). The SMILES string of the molecule is O=C(CNC1CC1)N1CCN(c2ccccc2Cl)CC1. The molecular weight excluding hydrogens is 274 g/mol. The van der Waals surface area contributed by atoms with Crippen LogP contribution in [0.5, 0.6) is 0 Å². The van der Waals surface area contributed by atoms with Gasteiger partial charge in [-0.2, -0.15) is 0 Å². The summed E-state index contributed by atoms with van der Waals surface area (Å²) < 4.78 is 0. The maximum atomic E-state index is 12.1. The van der Waals surface area contributed by atoms with Crippen LogP contribution in [0.15, 0.2) is 24.3 Å². The summed E-state index contributed by atoms with van der Waals surface area (Å²) >= 11 is 6.22. The predicted molar refractivity (Wildman–Crippen MR) is 81.3 cm³/mol. The monoisotopic (exact) mass is 293 g/mol. The molecule has 1 aromatic rings. The Balaban J connectivity index is 1.51. The van der Waals surface area contributed by atoms with E-state index in [0.717, 1.165) is 36.9 Å². The summed E-state index contributed by atoms with van der Waals surface area (Å²) in [6, 6.07) is 8.47. The van der Waals surface area contributed by atoms with Crippen LogP contribution in [0.4, 0.5) is 5.69 Å². The topological polar surface area (TPSA) is 35.6 Å². The fourth-order valence-corrected chi connectivity index (χ4v) is 2.79. The highest BCUT2D eigenvalue weighted by Gasteiger charge is 2.25. The number of piperazine rings is 1. The van der Waals surface area contributed by atoms with E-state index in [9.17, 15) is 4.79 Å². The summed E-state index contributed by atoms with van der Waals surface area (Å²) in [4.78, 5) is 16.3. The molecule has 1 heterocycles. The van der Waals surface area contributed by atoms with Crippen LogP contribution >= 0.6 is 11.6 Å². The minimum atomic E-state index is 0.218. The highest BCUT2D eigenvalue weighted by atomic mass is 35.5. The highest BCUT2D eigenvalue weighted by molar-refractivity contribution is 6.33. The van der Waals surface area contributed by atoms with Gasteiger partial charge >= 0.3 is 0 Å². The van der Waals surface area contributed by atoms with E-state index in [0.29, 0.717) is 12.6 Å². The van der Waals surface area contributed by atoms with Crippen molar-refractivity contribution in [3.8, 4) is 0 Å². The molecule has 0 unspecified atom stereocenters. The van der Waals surface area contributed by atoms with Gasteiger partial charge < -0.3 is 15.1 Å². The molecule has 1 saturated carbocycles. The molecule has 20 heavy (non-hydrogen) atoms. The van der Waals surface area contributed by atoms with Crippen LogP contribution in [-0.4, -0.2) is 49.6 Å². The van der Waals surface area contributed by atoms with E-state index < -0.39 is 0 Å². The number of halogens is 1. The third-order valence-electron chi connectivity index (χ3n) is 3.94. The molecule has 2 fully saturated rings. The minimum absolute atomic E-state index is 0.218. The van der Waals surface area contributed by atoms with Gasteiger partial charge in [0.2, 0.25) is 5.91 Å². The van der Waals surface area contributed by atoms with E-state index in [4.69, 9.17) is 11.6 Å². The van der Waals surface area contributed by atoms with Crippen molar-refractivity contribution in [2.24, 2.45) is 0 Å². The lowest BCUT2D eigenvalue weighted by molar-refractivity contribution is -0.130. The second kappa shape index (κ2) is 6.02. The van der Waals surface area contributed by atoms with Gasteiger partial charge in [0, 0.05) is 32.2 Å². The summed E-state index contributed by atoms with van der Waals surface area (Å²) in [5.74, 6) is 0.218. The maximum absolute atomic E-state index is 12.1. The van der Waals surface area contributed by atoms with Crippen molar-refractivity contribution in [3.05, 3.63) is 29.3 Å². The van der Waals surface area contributed by atoms with E-state index in [1.807, 2.05) is 29.2 Å². The van der Waals surface area contributed by atoms with Gasteiger partial charge in [-0.1, -0.05) is 23.7 Å². The molecule has 0 radical (unpaired) electrons. The summed E-state index contributed by atoms with van der Waals surface area (Å²) in [6.45, 7) is 3.72. The Hall–Kier alpha value is -1.26. The Morgan fingerprint density at radius 1 is 1.20 bits per heavy atom. The van der Waals surface area contributed by atoms with Crippen molar-refractivity contribution in [3.63, 3.8) is 0 Å². The fourth-order valence-electron chi connectivity index (χ4n) is 2.54. The van der Waals surface area contributed by atoms with Crippen LogP contribution < -0.4 is 10.2 Å². The fraction of sp³-hybridized carbons (Fsp3) is 0.533. The van der Waals surface area contributed by atoms with Gasteiger partial charge in [0.1, 0.15) is 0 Å². The Labute approximate surface area is 124 Å². The van der Waals surface area contributed by atoms with Gasteiger partial charge in [0.25, 0.3) is 0 Å². The molecule has 0 atom stereocenters. The number of benzene rings is 1. The van der Waals surface area contributed by atoms with Crippen LogP contribution in [0.1, 0.15) is 12.8 Å². The van der Waals surface area contributed by atoms with Gasteiger partial charge in [-0.25, -0.2) is 0 Å². The molecule has 4 nitrogen and oxygen atoms in total. The molecular formula is C15H20ClN3O. The zero-order valence-electron chi connectivity index (χ0n) is 11.5. The molecule has 2 aliphatic rings. The van der Waals surface area contributed by atoms with Crippen molar-refractivity contribution in [2.45, 2.75) is 18.9 Å². The average molecular weight is 294 g/mol. The Morgan fingerprint density at radius 2 is 1.90 bits per heavy atom. The first-order valence-corrected chi connectivity index (χ1v) is 7.62. The first-order chi connectivity index (χ1) is 9.74. The third-order valence-corrected chi connectivity index (χ3v) is 4.26. The highest BCUT2D eigenvalue weighted by Crippen LogP contribution is 2.26. The predicted octanol–water partition coefficient (Wildman–Crippen LogP) is 1.74. The molecule has 5 heteroatoms. The zero-order chi connectivity index (χ0) is 13.9. The van der Waals surface area contributed by atoms with Crippen LogP contribution in [0.3, 0.4) is 0 Å². The second-order valence-electron chi connectivity index (χ2n) is 5.47. The van der Waals surface area contributed by atoms with Crippen LogP contribution in [0, 0.1) is 0 Å². The number of anilines is 1. The van der Waals surface area contributed by atoms with Gasteiger partial charge in [0.05, 0.1) is 17.3 Å². The molecule has 1 aromatic carbocycles. The molecule has 1 aliphatic carbocycles. The van der Waals surface area contributed by atoms with E-state index in [1.54, 1.807) is 0 Å². The molecule has 1 aliphatic heterocycles. The van der Waals surface area contributed by atoms with Crippen LogP contribution in [0.2, 0.25) is 5.02 Å². The van der Waals surface area contributed by atoms with E-state index in [2.05, 4.69) is 10.2 Å². The van der Waals surface area contributed by atoms with Gasteiger partial charge in [-0.3, -0.25) is 4.79 Å². The first-order valence-electron chi connectivity index (χ1n) is 7.24. The summed E-state index contributed by atoms with van der Waals surface area (Å²) in [6.07, 6.45) is 2.43. The minimum Gasteiger partial charge on any atom is -0.367 e. The molecule has 108 valence electrons. The van der Waals surface area contributed by atoms with Crippen molar-refractivity contribution in [2.75, 3.05) is 37.6 Å². The number of rotatable bonds is 4. The molecule has 1 saturated heterocycles. The van der Waals surface area contributed by atoms with Crippen LogP contribution in [0.25, 0.3) is 0 Å². The largest absolute Gasteiger partial charge is 0.367 e. The number of nitrogens with one attached hydrogen (secondary N) is 1. The summed E-state index contributed by atoms with van der Waals surface area (Å²) in [5.41, 5.74) is 1.07. The van der Waals surface area contributed by atoms with E-state index in [-0.39, 0.29) is 5.91 Å². The Morgan fingerprint density at radius 3 is 2.55 bits per heavy atom. The normalized spacial score (nSPS) is 19.2. The van der Waals surface area contributed by atoms with Crippen LogP contribution in [-0.2, 0) is 4.79 Å². The number of carbonyl (C=O) groups excluding carboxylic acids is 1. The van der Waals surface area contributed by atoms with Gasteiger partial charge in [0.15, 0.2) is 0 Å². The standard InChI is InChI=1S/C15H20ClN3O/c16-13-3-1-2-4-14(13)18-7-9-19(10-8-18)15(20)11-17-12-5-6-12/h1-4,12,17H,5-11H2. The number of amides is 1. The second-order valence-corrected chi connectivity index (χ2v) is 5.88. The maximum Gasteiger partial charge on any atom is 0.236 e. The lowest BCUT2D eigenvalue weighted by Crippen LogP contribution is -2.51. The summed E-state index contributed by atoms with van der Waals surface area (Å²) in [5, 5.41) is 4.06. The third kappa shape index (κ3) is 3.25. The van der Waals surface area contributed by atoms with Crippen molar-refractivity contribution < 1.29 is 4.79 Å². The van der Waals surface area contributed by atoms with Crippen molar-refractivity contribution in [1.29, 1.82) is 0 Å². The van der Waals surface area contributed by atoms with Crippen molar-refractivity contribution in [1.82, 2.24) is 10.2 Å². The Bertz CT molecular complexity index is 482. The number of carbonyl (C=O) groups is 1. The zero-order valence-corrected chi connectivity index (χ0v) is 12.3. The number of hydrogen-bond donors (Lipinski definition) is 1.